The molecule has 104 valence electrons. The first-order valence-electron chi connectivity index (χ1n) is 6.01. The highest BCUT2D eigenvalue weighted by Crippen LogP contribution is 2.27. The van der Waals surface area contributed by atoms with Crippen LogP contribution in [0, 0.1) is 0 Å². The van der Waals surface area contributed by atoms with E-state index in [1.165, 1.54) is 0 Å². The second-order valence-corrected chi connectivity index (χ2v) is 5.55. The third kappa shape index (κ3) is 5.14. The van der Waals surface area contributed by atoms with E-state index < -0.39 is 12.1 Å². The number of carbonyl (C=O) groups is 2. The first-order valence-corrected chi connectivity index (χ1v) is 7.29. The number of aliphatic hydroxyl groups excluding tert-OH is 1. The second kappa shape index (κ2) is 7.48. The summed E-state index contributed by atoms with van der Waals surface area (Å²) in [4.78, 5) is 21.8. The van der Waals surface area contributed by atoms with Gasteiger partial charge in [0.2, 0.25) is 0 Å². The van der Waals surface area contributed by atoms with E-state index in [-0.39, 0.29) is 25.0 Å². The van der Waals surface area contributed by atoms with Crippen LogP contribution in [0.3, 0.4) is 0 Å². The Morgan fingerprint density at radius 1 is 1.44 bits per heavy atom. The average Bonchev–Trinajstić information content (AvgIpc) is 2.76. The second-order valence-electron chi connectivity index (χ2n) is 4.41. The summed E-state index contributed by atoms with van der Waals surface area (Å²) in [7, 11) is 0. The summed E-state index contributed by atoms with van der Waals surface area (Å²) in [6.07, 6.45) is 3.74. The zero-order chi connectivity index (χ0) is 13.5. The van der Waals surface area contributed by atoms with Crippen molar-refractivity contribution in [2.45, 2.75) is 43.1 Å². The lowest BCUT2D eigenvalue weighted by Gasteiger charge is -2.14. The van der Waals surface area contributed by atoms with Crippen molar-refractivity contribution in [2.24, 2.45) is 0 Å². The van der Waals surface area contributed by atoms with Crippen LogP contribution in [-0.4, -0.2) is 52.4 Å². The third-order valence-electron chi connectivity index (χ3n) is 3.04. The van der Waals surface area contributed by atoms with Crippen molar-refractivity contribution in [1.29, 1.82) is 0 Å². The van der Waals surface area contributed by atoms with Gasteiger partial charge in [0, 0.05) is 24.3 Å². The molecule has 0 spiro atoms. The number of thioether (sulfide) groups is 1. The maximum absolute atomic E-state index is 11.5. The van der Waals surface area contributed by atoms with Crippen molar-refractivity contribution in [1.82, 2.24) is 10.6 Å². The zero-order valence-electron chi connectivity index (χ0n) is 10.4. The Morgan fingerprint density at radius 2 is 2.17 bits per heavy atom. The molecule has 7 heteroatoms. The van der Waals surface area contributed by atoms with Crippen LogP contribution in [-0.2, 0) is 4.79 Å². The third-order valence-corrected chi connectivity index (χ3v) is 4.14. The lowest BCUT2D eigenvalue weighted by atomic mass is 10.2. The number of carboxylic acids is 1. The molecular weight excluding hydrogens is 256 g/mol. The topological polar surface area (TPSA) is 98.7 Å². The highest BCUT2D eigenvalue weighted by molar-refractivity contribution is 7.99. The van der Waals surface area contributed by atoms with E-state index >= 15 is 0 Å². The first-order chi connectivity index (χ1) is 8.52. The first kappa shape index (κ1) is 15.1. The van der Waals surface area contributed by atoms with Crippen molar-refractivity contribution in [3.8, 4) is 0 Å². The molecular formula is C11H20N2O4S. The number of hydrogen-bond acceptors (Lipinski definition) is 4. The summed E-state index contributed by atoms with van der Waals surface area (Å²) < 4.78 is 0. The van der Waals surface area contributed by atoms with E-state index in [0.717, 1.165) is 19.3 Å². The lowest BCUT2D eigenvalue weighted by Crippen LogP contribution is -2.42. The molecule has 0 saturated heterocycles. The van der Waals surface area contributed by atoms with Crippen LogP contribution in [0.2, 0.25) is 0 Å². The molecule has 0 aromatic heterocycles. The number of amides is 2. The Labute approximate surface area is 111 Å². The van der Waals surface area contributed by atoms with E-state index in [2.05, 4.69) is 16.9 Å². The van der Waals surface area contributed by atoms with Crippen LogP contribution in [0.5, 0.6) is 0 Å². The van der Waals surface area contributed by atoms with Crippen LogP contribution in [0.4, 0.5) is 4.79 Å². The molecule has 0 aromatic rings. The SMILES string of the molecule is CSC1CCC(NC(=O)NCCC(O)C(=O)O)C1. The largest absolute Gasteiger partial charge is 0.479 e. The summed E-state index contributed by atoms with van der Waals surface area (Å²) in [5.74, 6) is -1.27. The fraction of sp³-hybridized carbons (Fsp3) is 0.818. The summed E-state index contributed by atoms with van der Waals surface area (Å²) in [5.41, 5.74) is 0. The Bertz CT molecular complexity index is 301. The van der Waals surface area contributed by atoms with Gasteiger partial charge in [-0.3, -0.25) is 0 Å². The number of carbonyl (C=O) groups excluding carboxylic acids is 1. The average molecular weight is 276 g/mol. The number of aliphatic carboxylic acids is 1. The van der Waals surface area contributed by atoms with Crippen molar-refractivity contribution >= 4 is 23.8 Å². The van der Waals surface area contributed by atoms with Gasteiger partial charge in [-0.25, -0.2) is 9.59 Å². The fourth-order valence-electron chi connectivity index (χ4n) is 1.97. The normalized spacial score (nSPS) is 24.6. The van der Waals surface area contributed by atoms with Crippen molar-refractivity contribution in [3.05, 3.63) is 0 Å². The Morgan fingerprint density at radius 3 is 2.72 bits per heavy atom. The molecule has 3 atom stereocenters. The van der Waals surface area contributed by atoms with Gasteiger partial charge in [0.15, 0.2) is 6.10 Å². The molecule has 0 aromatic carbocycles. The summed E-state index contributed by atoms with van der Waals surface area (Å²) in [6, 6.07) is -0.0915. The minimum Gasteiger partial charge on any atom is -0.479 e. The summed E-state index contributed by atoms with van der Waals surface area (Å²) >= 11 is 1.82. The molecule has 1 fully saturated rings. The number of rotatable bonds is 6. The minimum atomic E-state index is -1.42. The minimum absolute atomic E-state index is 0.0147. The van der Waals surface area contributed by atoms with Crippen molar-refractivity contribution in [3.63, 3.8) is 0 Å². The fourth-order valence-corrected chi connectivity index (χ4v) is 2.76. The highest BCUT2D eigenvalue weighted by Gasteiger charge is 2.25. The van der Waals surface area contributed by atoms with Crippen LogP contribution in [0.1, 0.15) is 25.7 Å². The molecule has 6 nitrogen and oxygen atoms in total. The zero-order valence-corrected chi connectivity index (χ0v) is 11.2. The van der Waals surface area contributed by atoms with Gasteiger partial charge in [0.1, 0.15) is 0 Å². The van der Waals surface area contributed by atoms with Gasteiger partial charge in [-0.15, -0.1) is 0 Å². The predicted octanol–water partition coefficient (Wildman–Crippen LogP) is 0.405. The molecule has 0 bridgehead atoms. The Hall–Kier alpha value is -0.950. The number of aliphatic hydroxyl groups is 1. The molecule has 3 unspecified atom stereocenters. The molecule has 0 heterocycles. The predicted molar refractivity (Wildman–Crippen MR) is 69.7 cm³/mol. The highest BCUT2D eigenvalue weighted by atomic mass is 32.2. The Kier molecular flexibility index (Phi) is 6.28. The van der Waals surface area contributed by atoms with Gasteiger partial charge in [0.05, 0.1) is 0 Å². The van der Waals surface area contributed by atoms with Gasteiger partial charge in [-0.1, -0.05) is 0 Å². The standard InChI is InChI=1S/C11H20N2O4S/c1-18-8-3-2-7(6-8)13-11(17)12-5-4-9(14)10(15)16/h7-9,14H,2-6H2,1H3,(H,15,16)(H2,12,13,17). The molecule has 4 N–H and O–H groups in total. The summed E-state index contributed by atoms with van der Waals surface area (Å²) in [6.45, 7) is 0.151. The van der Waals surface area contributed by atoms with Crippen molar-refractivity contribution < 1.29 is 19.8 Å². The van der Waals surface area contributed by atoms with E-state index in [1.54, 1.807) is 0 Å². The van der Waals surface area contributed by atoms with Gasteiger partial charge < -0.3 is 20.8 Å². The van der Waals surface area contributed by atoms with Crippen LogP contribution in [0.15, 0.2) is 0 Å². The van der Waals surface area contributed by atoms with Gasteiger partial charge >= 0.3 is 12.0 Å². The summed E-state index contributed by atoms with van der Waals surface area (Å²) in [5, 5.41) is 23.5. The smallest absolute Gasteiger partial charge is 0.332 e. The molecule has 1 aliphatic rings. The number of carboxylic acid groups (broad SMARTS) is 1. The number of hydrogen-bond donors (Lipinski definition) is 4. The van der Waals surface area contributed by atoms with Crippen LogP contribution < -0.4 is 10.6 Å². The van der Waals surface area contributed by atoms with Crippen LogP contribution in [0.25, 0.3) is 0 Å². The van der Waals surface area contributed by atoms with Crippen LogP contribution >= 0.6 is 11.8 Å². The van der Waals surface area contributed by atoms with E-state index in [0.29, 0.717) is 5.25 Å². The Balaban J connectivity index is 2.13. The maximum Gasteiger partial charge on any atom is 0.332 e. The number of nitrogens with one attached hydrogen (secondary N) is 2. The van der Waals surface area contributed by atoms with Gasteiger partial charge in [-0.2, -0.15) is 11.8 Å². The van der Waals surface area contributed by atoms with Gasteiger partial charge in [0.25, 0.3) is 0 Å². The van der Waals surface area contributed by atoms with Gasteiger partial charge in [-0.05, 0) is 25.5 Å². The maximum atomic E-state index is 11.5. The van der Waals surface area contributed by atoms with E-state index in [9.17, 15) is 9.59 Å². The molecule has 0 aliphatic heterocycles. The molecule has 1 aliphatic carbocycles. The van der Waals surface area contributed by atoms with E-state index in [4.69, 9.17) is 10.2 Å². The molecule has 0 radical (unpaired) electrons. The quantitative estimate of drug-likeness (QED) is 0.563. The van der Waals surface area contributed by atoms with E-state index in [1.807, 2.05) is 11.8 Å². The molecule has 18 heavy (non-hydrogen) atoms. The molecule has 1 rings (SSSR count). The lowest BCUT2D eigenvalue weighted by molar-refractivity contribution is -0.146. The number of urea groups is 1. The monoisotopic (exact) mass is 276 g/mol. The molecule has 1 saturated carbocycles. The van der Waals surface area contributed by atoms with Crippen molar-refractivity contribution in [2.75, 3.05) is 12.8 Å². The molecule has 2 amide bonds.